The van der Waals surface area contributed by atoms with Crippen molar-refractivity contribution in [1.82, 2.24) is 0 Å². The van der Waals surface area contributed by atoms with E-state index in [2.05, 4.69) is 0 Å². The Kier molecular flexibility index (Phi) is 3.33. The lowest BCUT2D eigenvalue weighted by molar-refractivity contribution is 0.103. The highest BCUT2D eigenvalue weighted by atomic mass is 127. The van der Waals surface area contributed by atoms with Crippen molar-refractivity contribution < 1.29 is 9.18 Å². The molecule has 0 atom stereocenters. The van der Waals surface area contributed by atoms with Gasteiger partial charge in [-0.2, -0.15) is 0 Å². The van der Waals surface area contributed by atoms with Gasteiger partial charge in [0.25, 0.3) is 0 Å². The molecule has 0 heterocycles. The van der Waals surface area contributed by atoms with Crippen LogP contribution in [0.5, 0.6) is 0 Å². The van der Waals surface area contributed by atoms with Crippen molar-refractivity contribution in [3.05, 3.63) is 69.0 Å². The van der Waals surface area contributed by atoms with Gasteiger partial charge < -0.3 is 0 Å². The van der Waals surface area contributed by atoms with Gasteiger partial charge in [-0.3, -0.25) is 4.79 Å². The second kappa shape index (κ2) is 4.74. The summed E-state index contributed by atoms with van der Waals surface area (Å²) in [5.41, 5.74) is 1.15. The quantitative estimate of drug-likeness (QED) is 0.608. The maximum Gasteiger partial charge on any atom is 0.194 e. The van der Waals surface area contributed by atoms with Crippen LogP contribution in [0.1, 0.15) is 15.9 Å². The van der Waals surface area contributed by atoms with Crippen molar-refractivity contribution in [3.63, 3.8) is 0 Å². The topological polar surface area (TPSA) is 17.1 Å². The molecule has 0 radical (unpaired) electrons. The van der Waals surface area contributed by atoms with E-state index in [9.17, 15) is 9.18 Å². The van der Waals surface area contributed by atoms with E-state index < -0.39 is 0 Å². The maximum absolute atomic E-state index is 12.9. The average Bonchev–Trinajstić information content (AvgIpc) is 2.29. The molecule has 0 spiro atoms. The summed E-state index contributed by atoms with van der Waals surface area (Å²) in [4.78, 5) is 12.1. The number of rotatable bonds is 2. The highest BCUT2D eigenvalue weighted by Crippen LogP contribution is 2.17. The molecule has 0 aliphatic rings. The minimum atomic E-state index is -0.325. The monoisotopic (exact) mass is 326 g/mol. The van der Waals surface area contributed by atoms with Crippen LogP contribution in [0.25, 0.3) is 0 Å². The predicted octanol–water partition coefficient (Wildman–Crippen LogP) is 3.66. The van der Waals surface area contributed by atoms with E-state index in [1.54, 1.807) is 12.1 Å². The molecule has 1 nitrogen and oxygen atoms in total. The van der Waals surface area contributed by atoms with E-state index in [1.807, 2.05) is 40.8 Å². The lowest BCUT2D eigenvalue weighted by atomic mass is 10.0. The first-order valence-electron chi connectivity index (χ1n) is 4.73. The number of benzene rings is 2. The molecule has 0 aromatic heterocycles. The molecule has 0 unspecified atom stereocenters. The fourth-order valence-corrected chi connectivity index (χ4v) is 2.14. The van der Waals surface area contributed by atoms with Crippen LogP contribution in [0.15, 0.2) is 48.5 Å². The van der Waals surface area contributed by atoms with Crippen LogP contribution < -0.4 is 0 Å². The van der Waals surface area contributed by atoms with Gasteiger partial charge in [0.05, 0.1) is 0 Å². The Morgan fingerprint density at radius 2 is 1.75 bits per heavy atom. The van der Waals surface area contributed by atoms with Gasteiger partial charge in [-0.1, -0.05) is 30.3 Å². The van der Waals surface area contributed by atoms with E-state index >= 15 is 0 Å². The largest absolute Gasteiger partial charge is 0.289 e. The summed E-state index contributed by atoms with van der Waals surface area (Å²) in [6.07, 6.45) is 0. The number of carbonyl (C=O) groups is 1. The van der Waals surface area contributed by atoms with E-state index in [0.717, 1.165) is 0 Å². The summed E-state index contributed by atoms with van der Waals surface area (Å²) < 4.78 is 13.5. The number of carbonyl (C=O) groups excluding carboxylic acids is 1. The Hall–Kier alpha value is -1.23. The second-order valence-corrected chi connectivity index (χ2v) is 4.48. The van der Waals surface area contributed by atoms with Crippen molar-refractivity contribution in [3.8, 4) is 0 Å². The molecule has 0 N–H and O–H groups in total. The van der Waals surface area contributed by atoms with Gasteiger partial charge in [-0.05, 0) is 40.8 Å². The summed E-state index contributed by atoms with van der Waals surface area (Å²) in [5.74, 6) is -0.404. The molecule has 0 aliphatic carbocycles. The molecular formula is C13H8FIO. The van der Waals surface area contributed by atoms with E-state index in [-0.39, 0.29) is 11.6 Å². The van der Waals surface area contributed by atoms with Gasteiger partial charge in [0.15, 0.2) is 5.78 Å². The van der Waals surface area contributed by atoms with Gasteiger partial charge >= 0.3 is 0 Å². The Balaban J connectivity index is 2.42. The minimum Gasteiger partial charge on any atom is -0.289 e. The zero-order valence-electron chi connectivity index (χ0n) is 8.28. The maximum atomic E-state index is 12.9. The molecule has 2 aromatic rings. The lowest BCUT2D eigenvalue weighted by Gasteiger charge is -2.03. The fourth-order valence-electron chi connectivity index (χ4n) is 1.42. The van der Waals surface area contributed by atoms with Crippen molar-refractivity contribution in [2.45, 2.75) is 0 Å². The normalized spacial score (nSPS) is 10.1. The molecule has 0 saturated heterocycles. The van der Waals surface area contributed by atoms with Crippen molar-refractivity contribution >= 4 is 28.4 Å². The van der Waals surface area contributed by atoms with E-state index in [0.29, 0.717) is 14.7 Å². The molecular weight excluding hydrogens is 318 g/mol. The number of halogens is 2. The third kappa shape index (κ3) is 2.29. The van der Waals surface area contributed by atoms with E-state index in [4.69, 9.17) is 0 Å². The van der Waals surface area contributed by atoms with E-state index in [1.165, 1.54) is 18.2 Å². The number of hydrogen-bond donors (Lipinski definition) is 0. The molecule has 3 heteroatoms. The van der Waals surface area contributed by atoms with Crippen molar-refractivity contribution in [1.29, 1.82) is 0 Å². The third-order valence-electron chi connectivity index (χ3n) is 2.21. The van der Waals surface area contributed by atoms with Crippen LogP contribution in [-0.2, 0) is 0 Å². The van der Waals surface area contributed by atoms with Gasteiger partial charge in [0.2, 0.25) is 0 Å². The molecule has 0 bridgehead atoms. The SMILES string of the molecule is O=C(c1ccccc1)c1ccc(F)cc1I. The first kappa shape index (κ1) is 11.3. The van der Waals surface area contributed by atoms with Crippen molar-refractivity contribution in [2.75, 3.05) is 0 Å². The Labute approximate surface area is 106 Å². The van der Waals surface area contributed by atoms with Crippen LogP contribution in [0.4, 0.5) is 4.39 Å². The Bertz CT molecular complexity index is 523. The smallest absolute Gasteiger partial charge is 0.194 e. The average molecular weight is 326 g/mol. The standard InChI is InChI=1S/C13H8FIO/c14-10-6-7-11(12(15)8-10)13(16)9-4-2-1-3-5-9/h1-8H. The Morgan fingerprint density at radius 1 is 1.06 bits per heavy atom. The van der Waals surface area contributed by atoms with Gasteiger partial charge in [-0.15, -0.1) is 0 Å². The van der Waals surface area contributed by atoms with Gasteiger partial charge in [0, 0.05) is 14.7 Å². The molecule has 0 fully saturated rings. The van der Waals surface area contributed by atoms with Crippen LogP contribution in [0, 0.1) is 9.39 Å². The summed E-state index contributed by atoms with van der Waals surface area (Å²) in [6, 6.07) is 13.2. The zero-order valence-corrected chi connectivity index (χ0v) is 10.4. The fraction of sp³-hybridized carbons (Fsp3) is 0. The molecule has 0 saturated carbocycles. The minimum absolute atomic E-state index is 0.0787. The highest BCUT2D eigenvalue weighted by Gasteiger charge is 2.12. The predicted molar refractivity (Wildman–Crippen MR) is 69.0 cm³/mol. The summed E-state index contributed by atoms with van der Waals surface area (Å²) >= 11 is 1.97. The number of hydrogen-bond acceptors (Lipinski definition) is 1. The molecule has 0 aliphatic heterocycles. The summed E-state index contributed by atoms with van der Waals surface area (Å²) in [6.45, 7) is 0. The van der Waals surface area contributed by atoms with Gasteiger partial charge in [-0.25, -0.2) is 4.39 Å². The molecule has 80 valence electrons. The lowest BCUT2D eigenvalue weighted by Crippen LogP contribution is -2.03. The second-order valence-electron chi connectivity index (χ2n) is 3.32. The summed E-state index contributed by atoms with van der Waals surface area (Å²) in [7, 11) is 0. The molecule has 2 aromatic carbocycles. The van der Waals surface area contributed by atoms with Crippen LogP contribution in [0.2, 0.25) is 0 Å². The molecule has 0 amide bonds. The highest BCUT2D eigenvalue weighted by molar-refractivity contribution is 14.1. The molecule has 16 heavy (non-hydrogen) atoms. The number of ketones is 1. The van der Waals surface area contributed by atoms with Crippen LogP contribution in [-0.4, -0.2) is 5.78 Å². The zero-order chi connectivity index (χ0) is 11.5. The molecule has 2 rings (SSSR count). The first-order valence-corrected chi connectivity index (χ1v) is 5.81. The first-order chi connectivity index (χ1) is 7.68. The van der Waals surface area contributed by atoms with Gasteiger partial charge in [0.1, 0.15) is 5.82 Å². The van der Waals surface area contributed by atoms with Crippen LogP contribution >= 0.6 is 22.6 Å². The van der Waals surface area contributed by atoms with Crippen molar-refractivity contribution in [2.24, 2.45) is 0 Å². The third-order valence-corrected chi connectivity index (χ3v) is 3.10. The van der Waals surface area contributed by atoms with Crippen LogP contribution in [0.3, 0.4) is 0 Å². The summed E-state index contributed by atoms with van der Waals surface area (Å²) in [5, 5.41) is 0. The Morgan fingerprint density at radius 3 is 2.38 bits per heavy atom.